The number of ketones is 1. The molecule has 0 saturated carbocycles. The van der Waals surface area contributed by atoms with Gasteiger partial charge in [-0.15, -0.1) is 0 Å². The van der Waals surface area contributed by atoms with Gasteiger partial charge < -0.3 is 14.6 Å². The van der Waals surface area contributed by atoms with Crippen LogP contribution in [0.15, 0.2) is 27.5 Å². The van der Waals surface area contributed by atoms with Crippen LogP contribution in [-0.4, -0.2) is 45.5 Å². The topological polar surface area (TPSA) is 103 Å². The van der Waals surface area contributed by atoms with Gasteiger partial charge in [0.05, 0.1) is 29.5 Å². The molecule has 2 heterocycles. The normalized spacial score (nSPS) is 15.7. The lowest BCUT2D eigenvalue weighted by atomic mass is 10.0. The quantitative estimate of drug-likeness (QED) is 0.799. The molecule has 1 aromatic heterocycles. The molecule has 2 aromatic rings. The summed E-state index contributed by atoms with van der Waals surface area (Å²) in [4.78, 5) is 25.0. The predicted octanol–water partition coefficient (Wildman–Crippen LogP) is 1.85. The molecule has 1 aromatic carbocycles. The van der Waals surface area contributed by atoms with Gasteiger partial charge >= 0.3 is 0 Å². The molecule has 8 nitrogen and oxygen atoms in total. The van der Waals surface area contributed by atoms with Gasteiger partial charge in [0.2, 0.25) is 5.78 Å². The van der Waals surface area contributed by atoms with E-state index in [-0.39, 0.29) is 22.6 Å². The summed E-state index contributed by atoms with van der Waals surface area (Å²) in [6.07, 6.45) is 3.05. The third-order valence-electron chi connectivity index (χ3n) is 4.38. The van der Waals surface area contributed by atoms with Gasteiger partial charge in [0, 0.05) is 24.8 Å². The van der Waals surface area contributed by atoms with Crippen LogP contribution < -0.4 is 15.0 Å². The first kappa shape index (κ1) is 18.2. The highest BCUT2D eigenvalue weighted by molar-refractivity contribution is 7.93. The minimum Gasteiger partial charge on any atom is -0.494 e. The molecule has 0 radical (unpaired) electrons. The lowest BCUT2D eigenvalue weighted by Crippen LogP contribution is -2.19. The Kier molecular flexibility index (Phi) is 4.90. The van der Waals surface area contributed by atoms with Gasteiger partial charge in [-0.25, -0.2) is 4.21 Å². The van der Waals surface area contributed by atoms with Crippen LogP contribution in [-0.2, 0) is 16.8 Å². The van der Waals surface area contributed by atoms with E-state index in [0.29, 0.717) is 17.3 Å². The van der Waals surface area contributed by atoms with Crippen molar-refractivity contribution in [2.45, 2.75) is 12.8 Å². The SMILES string of the molecule is COc1ccc(C(=O)c2c[nH]n(C)c2=O)c(OC)c1N=S1(=O)CCCC1. The molecule has 0 unspecified atom stereocenters. The lowest BCUT2D eigenvalue weighted by molar-refractivity contribution is 0.103. The number of methoxy groups -OCH3 is 2. The van der Waals surface area contributed by atoms with Gasteiger partial charge in [-0.2, -0.15) is 4.36 Å². The van der Waals surface area contributed by atoms with Crippen molar-refractivity contribution in [3.05, 3.63) is 39.8 Å². The number of H-pyrrole nitrogens is 1. The molecule has 0 atom stereocenters. The second kappa shape index (κ2) is 6.99. The van der Waals surface area contributed by atoms with E-state index in [2.05, 4.69) is 9.46 Å². The van der Waals surface area contributed by atoms with E-state index in [9.17, 15) is 13.8 Å². The van der Waals surface area contributed by atoms with E-state index in [4.69, 9.17) is 9.47 Å². The van der Waals surface area contributed by atoms with Gasteiger partial charge in [-0.05, 0) is 25.0 Å². The van der Waals surface area contributed by atoms with Crippen LogP contribution in [0.4, 0.5) is 5.69 Å². The van der Waals surface area contributed by atoms with Crippen molar-refractivity contribution < 1.29 is 18.5 Å². The van der Waals surface area contributed by atoms with Crippen LogP contribution in [0.1, 0.15) is 28.8 Å². The molecule has 1 saturated heterocycles. The molecule has 26 heavy (non-hydrogen) atoms. The third kappa shape index (κ3) is 3.14. The largest absolute Gasteiger partial charge is 0.494 e. The van der Waals surface area contributed by atoms with Crippen LogP contribution >= 0.6 is 0 Å². The van der Waals surface area contributed by atoms with E-state index >= 15 is 0 Å². The fraction of sp³-hybridized carbons (Fsp3) is 0.412. The van der Waals surface area contributed by atoms with Gasteiger partial charge in [0.15, 0.2) is 11.4 Å². The Balaban J connectivity index is 2.21. The summed E-state index contributed by atoms with van der Waals surface area (Å²) in [5, 5.41) is 2.68. The van der Waals surface area contributed by atoms with E-state index in [1.807, 2.05) is 0 Å². The van der Waals surface area contributed by atoms with Gasteiger partial charge in [-0.3, -0.25) is 14.3 Å². The van der Waals surface area contributed by atoms with E-state index in [1.54, 1.807) is 6.07 Å². The zero-order valence-corrected chi connectivity index (χ0v) is 15.7. The molecule has 1 fully saturated rings. The zero-order valence-electron chi connectivity index (χ0n) is 14.9. The van der Waals surface area contributed by atoms with Gasteiger partial charge in [-0.1, -0.05) is 0 Å². The minimum absolute atomic E-state index is 0.00744. The monoisotopic (exact) mass is 379 g/mol. The number of carbonyl (C=O) groups is 1. The number of nitrogens with zero attached hydrogens (tertiary/aromatic N) is 2. The summed E-state index contributed by atoms with van der Waals surface area (Å²) < 4.78 is 29.3. The summed E-state index contributed by atoms with van der Waals surface area (Å²) in [5.41, 5.74) is -0.0232. The Morgan fingerprint density at radius 2 is 1.88 bits per heavy atom. The van der Waals surface area contributed by atoms with Crippen LogP contribution in [0, 0.1) is 0 Å². The average Bonchev–Trinajstić information content (AvgIpc) is 3.20. The molecular formula is C17H21N3O5S. The van der Waals surface area contributed by atoms with Crippen molar-refractivity contribution in [2.24, 2.45) is 11.4 Å². The molecule has 1 aliphatic rings. The number of nitrogens with one attached hydrogen (secondary N) is 1. The molecule has 1 aliphatic heterocycles. The van der Waals surface area contributed by atoms with Crippen LogP contribution in [0.2, 0.25) is 0 Å². The van der Waals surface area contributed by atoms with E-state index < -0.39 is 21.1 Å². The average molecular weight is 379 g/mol. The Bertz CT molecular complexity index is 1020. The fourth-order valence-electron chi connectivity index (χ4n) is 2.97. The second-order valence-electron chi connectivity index (χ2n) is 6.06. The number of aromatic nitrogens is 2. The number of hydrogen-bond donors (Lipinski definition) is 1. The number of aromatic amines is 1. The molecule has 0 amide bonds. The maximum Gasteiger partial charge on any atom is 0.277 e. The number of aryl methyl sites for hydroxylation is 1. The van der Waals surface area contributed by atoms with Crippen molar-refractivity contribution in [2.75, 3.05) is 25.7 Å². The van der Waals surface area contributed by atoms with Crippen molar-refractivity contribution in [3.63, 3.8) is 0 Å². The van der Waals surface area contributed by atoms with Crippen LogP contribution in [0.5, 0.6) is 11.5 Å². The van der Waals surface area contributed by atoms with Crippen LogP contribution in [0.25, 0.3) is 0 Å². The van der Waals surface area contributed by atoms with Crippen LogP contribution in [0.3, 0.4) is 0 Å². The van der Waals surface area contributed by atoms with Crippen molar-refractivity contribution >= 4 is 21.2 Å². The summed E-state index contributed by atoms with van der Waals surface area (Å²) in [6, 6.07) is 3.09. The highest BCUT2D eigenvalue weighted by Gasteiger charge is 2.25. The maximum absolute atomic E-state index is 12.9. The Hall–Kier alpha value is -2.55. The number of benzene rings is 1. The molecule has 0 bridgehead atoms. The number of carbonyl (C=O) groups excluding carboxylic acids is 1. The minimum atomic E-state index is -2.40. The molecule has 0 aliphatic carbocycles. The zero-order chi connectivity index (χ0) is 18.9. The fourth-order valence-corrected chi connectivity index (χ4v) is 5.18. The third-order valence-corrected chi connectivity index (χ3v) is 6.75. The van der Waals surface area contributed by atoms with E-state index in [0.717, 1.165) is 12.8 Å². The van der Waals surface area contributed by atoms with Crippen molar-refractivity contribution in [1.82, 2.24) is 9.78 Å². The maximum atomic E-state index is 12.9. The first-order chi connectivity index (χ1) is 12.4. The highest BCUT2D eigenvalue weighted by atomic mass is 32.2. The second-order valence-corrected chi connectivity index (χ2v) is 8.60. The summed E-state index contributed by atoms with van der Waals surface area (Å²) in [7, 11) is 2.00. The Morgan fingerprint density at radius 3 is 2.42 bits per heavy atom. The Labute approximate surface area is 151 Å². The first-order valence-electron chi connectivity index (χ1n) is 8.17. The van der Waals surface area contributed by atoms with Gasteiger partial charge in [0.25, 0.3) is 5.56 Å². The summed E-state index contributed by atoms with van der Waals surface area (Å²) >= 11 is 0. The smallest absolute Gasteiger partial charge is 0.277 e. The number of rotatable bonds is 5. The molecule has 140 valence electrons. The molecule has 3 rings (SSSR count). The number of hydrogen-bond acceptors (Lipinski definition) is 6. The molecule has 9 heteroatoms. The van der Waals surface area contributed by atoms with Gasteiger partial charge in [0.1, 0.15) is 11.3 Å². The van der Waals surface area contributed by atoms with Crippen molar-refractivity contribution in [3.8, 4) is 11.5 Å². The predicted molar refractivity (Wildman–Crippen MR) is 98.2 cm³/mol. The highest BCUT2D eigenvalue weighted by Crippen LogP contribution is 2.42. The van der Waals surface area contributed by atoms with Crippen molar-refractivity contribution in [1.29, 1.82) is 0 Å². The lowest BCUT2D eigenvalue weighted by Gasteiger charge is -2.14. The molecule has 0 spiro atoms. The molecular weight excluding hydrogens is 358 g/mol. The summed E-state index contributed by atoms with van der Waals surface area (Å²) in [6.45, 7) is 0. The summed E-state index contributed by atoms with van der Waals surface area (Å²) in [5.74, 6) is 1.05. The molecule has 1 N–H and O–H groups in total. The Morgan fingerprint density at radius 1 is 1.19 bits per heavy atom. The number of ether oxygens (including phenoxy) is 2. The van der Waals surface area contributed by atoms with E-state index in [1.165, 1.54) is 38.2 Å². The standard InChI is InChI=1S/C17H21N3O5S/c1-20-17(22)12(10-18-20)15(21)11-6-7-13(24-2)14(16(11)25-3)19-26(23)8-4-5-9-26/h6-7,10,18H,4-5,8-9H2,1-3H3. The first-order valence-corrected chi connectivity index (χ1v) is 10.0.